The van der Waals surface area contributed by atoms with Gasteiger partial charge in [-0.1, -0.05) is 44.5 Å². The molecular formula is C16H21NS. The van der Waals surface area contributed by atoms with Crippen molar-refractivity contribution >= 4 is 11.3 Å². The first-order chi connectivity index (χ1) is 8.76. The Bertz CT molecular complexity index is 501. The van der Waals surface area contributed by atoms with Crippen molar-refractivity contribution in [1.29, 1.82) is 0 Å². The van der Waals surface area contributed by atoms with Crippen molar-refractivity contribution in [2.45, 2.75) is 39.2 Å². The standard InChI is InChI=1S/C16H21NS/c1-3-7-12-8-5-6-9-13(12)15-10-11-16(18-15)14(17)4-2/h5-6,8-11,14H,3-4,7,17H2,1-2H3. The zero-order valence-electron chi connectivity index (χ0n) is 11.1. The summed E-state index contributed by atoms with van der Waals surface area (Å²) in [5.41, 5.74) is 8.91. The monoisotopic (exact) mass is 259 g/mol. The fourth-order valence-corrected chi connectivity index (χ4v) is 3.30. The third-order valence-electron chi connectivity index (χ3n) is 3.23. The van der Waals surface area contributed by atoms with Crippen LogP contribution in [0.25, 0.3) is 10.4 Å². The molecule has 0 aliphatic carbocycles. The van der Waals surface area contributed by atoms with Gasteiger partial charge in [0.2, 0.25) is 0 Å². The zero-order valence-corrected chi connectivity index (χ0v) is 12.0. The third kappa shape index (κ3) is 2.82. The molecule has 0 saturated carbocycles. The SMILES string of the molecule is CCCc1ccccc1-c1ccc(C(N)CC)s1. The quantitative estimate of drug-likeness (QED) is 0.821. The maximum atomic E-state index is 6.09. The highest BCUT2D eigenvalue weighted by Crippen LogP contribution is 2.33. The molecule has 1 heterocycles. The van der Waals surface area contributed by atoms with Gasteiger partial charge in [-0.3, -0.25) is 0 Å². The molecule has 0 saturated heterocycles. The first kappa shape index (κ1) is 13.3. The van der Waals surface area contributed by atoms with E-state index < -0.39 is 0 Å². The summed E-state index contributed by atoms with van der Waals surface area (Å²) in [6, 6.07) is 13.3. The van der Waals surface area contributed by atoms with Crippen LogP contribution in [-0.4, -0.2) is 0 Å². The summed E-state index contributed by atoms with van der Waals surface area (Å²) in [4.78, 5) is 2.64. The van der Waals surface area contributed by atoms with E-state index in [1.807, 2.05) is 11.3 Å². The largest absolute Gasteiger partial charge is 0.323 e. The molecule has 2 aromatic rings. The summed E-state index contributed by atoms with van der Waals surface area (Å²) in [6.07, 6.45) is 3.32. The first-order valence-electron chi connectivity index (χ1n) is 6.69. The highest BCUT2D eigenvalue weighted by atomic mass is 32.1. The summed E-state index contributed by atoms with van der Waals surface area (Å²) >= 11 is 1.83. The van der Waals surface area contributed by atoms with Crippen LogP contribution in [0.5, 0.6) is 0 Å². The van der Waals surface area contributed by atoms with Crippen LogP contribution >= 0.6 is 11.3 Å². The van der Waals surface area contributed by atoms with Gasteiger partial charge in [-0.2, -0.15) is 0 Å². The Labute approximate surface area is 114 Å². The number of hydrogen-bond donors (Lipinski definition) is 1. The minimum atomic E-state index is 0.182. The van der Waals surface area contributed by atoms with Crippen molar-refractivity contribution in [1.82, 2.24) is 0 Å². The maximum absolute atomic E-state index is 6.09. The van der Waals surface area contributed by atoms with Crippen LogP contribution in [0.3, 0.4) is 0 Å². The van der Waals surface area contributed by atoms with Gasteiger partial charge < -0.3 is 5.73 Å². The molecule has 2 N–H and O–H groups in total. The second kappa shape index (κ2) is 6.17. The molecule has 18 heavy (non-hydrogen) atoms. The normalized spacial score (nSPS) is 12.6. The highest BCUT2D eigenvalue weighted by Gasteiger charge is 2.10. The van der Waals surface area contributed by atoms with Crippen molar-refractivity contribution in [3.8, 4) is 10.4 Å². The van der Waals surface area contributed by atoms with Gasteiger partial charge in [-0.05, 0) is 36.1 Å². The van der Waals surface area contributed by atoms with Gasteiger partial charge in [-0.25, -0.2) is 0 Å². The lowest BCUT2D eigenvalue weighted by atomic mass is 10.0. The van der Waals surface area contributed by atoms with Gasteiger partial charge in [0.25, 0.3) is 0 Å². The molecule has 1 unspecified atom stereocenters. The second-order valence-corrected chi connectivity index (χ2v) is 5.74. The van der Waals surface area contributed by atoms with Gasteiger partial charge in [-0.15, -0.1) is 11.3 Å². The van der Waals surface area contributed by atoms with E-state index in [9.17, 15) is 0 Å². The van der Waals surface area contributed by atoms with Gasteiger partial charge in [0.05, 0.1) is 0 Å². The average Bonchev–Trinajstić information content (AvgIpc) is 2.88. The fourth-order valence-electron chi connectivity index (χ4n) is 2.15. The lowest BCUT2D eigenvalue weighted by Crippen LogP contribution is -2.05. The molecule has 0 bridgehead atoms. The first-order valence-corrected chi connectivity index (χ1v) is 7.51. The zero-order chi connectivity index (χ0) is 13.0. The predicted molar refractivity (Wildman–Crippen MR) is 81.0 cm³/mol. The van der Waals surface area contributed by atoms with E-state index in [1.165, 1.54) is 27.3 Å². The lowest BCUT2D eigenvalue weighted by Gasteiger charge is -2.07. The molecular weight excluding hydrogens is 238 g/mol. The Morgan fingerprint density at radius 1 is 1.11 bits per heavy atom. The molecule has 1 aromatic carbocycles. The molecule has 1 atom stereocenters. The Morgan fingerprint density at radius 3 is 2.61 bits per heavy atom. The van der Waals surface area contributed by atoms with Crippen LogP contribution in [0, 0.1) is 0 Å². The second-order valence-electron chi connectivity index (χ2n) is 4.62. The molecule has 0 aliphatic heterocycles. The van der Waals surface area contributed by atoms with E-state index in [0.717, 1.165) is 12.8 Å². The van der Waals surface area contributed by atoms with E-state index in [1.54, 1.807) is 0 Å². The van der Waals surface area contributed by atoms with Gasteiger partial charge >= 0.3 is 0 Å². The molecule has 0 fully saturated rings. The van der Waals surface area contributed by atoms with E-state index in [0.29, 0.717) is 0 Å². The van der Waals surface area contributed by atoms with Gasteiger partial charge in [0, 0.05) is 15.8 Å². The topological polar surface area (TPSA) is 26.0 Å². The van der Waals surface area contributed by atoms with Crippen LogP contribution in [0.4, 0.5) is 0 Å². The van der Waals surface area contributed by atoms with Crippen molar-refractivity contribution in [3.05, 3.63) is 46.8 Å². The lowest BCUT2D eigenvalue weighted by molar-refractivity contribution is 0.712. The third-order valence-corrected chi connectivity index (χ3v) is 4.48. The van der Waals surface area contributed by atoms with Crippen LogP contribution in [0.2, 0.25) is 0 Å². The van der Waals surface area contributed by atoms with Gasteiger partial charge in [0.1, 0.15) is 0 Å². The number of benzene rings is 1. The summed E-state index contributed by atoms with van der Waals surface area (Å²) < 4.78 is 0. The molecule has 96 valence electrons. The van der Waals surface area contributed by atoms with Gasteiger partial charge in [0.15, 0.2) is 0 Å². The molecule has 1 nitrogen and oxygen atoms in total. The van der Waals surface area contributed by atoms with Crippen molar-refractivity contribution < 1.29 is 0 Å². The minimum Gasteiger partial charge on any atom is -0.323 e. The molecule has 0 aliphatic rings. The predicted octanol–water partition coefficient (Wildman–Crippen LogP) is 4.78. The van der Waals surface area contributed by atoms with E-state index >= 15 is 0 Å². The van der Waals surface area contributed by atoms with Crippen LogP contribution in [0.1, 0.15) is 43.2 Å². The Morgan fingerprint density at radius 2 is 1.89 bits per heavy atom. The number of aryl methyl sites for hydroxylation is 1. The summed E-state index contributed by atoms with van der Waals surface area (Å²) in [7, 11) is 0. The fraction of sp³-hybridized carbons (Fsp3) is 0.375. The number of rotatable bonds is 5. The van der Waals surface area contributed by atoms with E-state index in [-0.39, 0.29) is 6.04 Å². The van der Waals surface area contributed by atoms with Crippen molar-refractivity contribution in [3.63, 3.8) is 0 Å². The molecule has 0 amide bonds. The molecule has 2 heteroatoms. The maximum Gasteiger partial charge on any atom is 0.0387 e. The highest BCUT2D eigenvalue weighted by molar-refractivity contribution is 7.15. The number of thiophene rings is 1. The van der Waals surface area contributed by atoms with E-state index in [4.69, 9.17) is 5.73 Å². The summed E-state index contributed by atoms with van der Waals surface area (Å²) in [6.45, 7) is 4.36. The summed E-state index contributed by atoms with van der Waals surface area (Å²) in [5.74, 6) is 0. The molecule has 1 aromatic heterocycles. The van der Waals surface area contributed by atoms with Crippen molar-refractivity contribution in [2.24, 2.45) is 5.73 Å². The number of hydrogen-bond acceptors (Lipinski definition) is 2. The Kier molecular flexibility index (Phi) is 4.56. The molecule has 0 spiro atoms. The molecule has 2 rings (SSSR count). The Hall–Kier alpha value is -1.12. The Balaban J connectivity index is 2.33. The van der Waals surface area contributed by atoms with Crippen LogP contribution < -0.4 is 5.73 Å². The van der Waals surface area contributed by atoms with E-state index in [2.05, 4.69) is 50.2 Å². The minimum absolute atomic E-state index is 0.182. The van der Waals surface area contributed by atoms with Crippen LogP contribution in [0.15, 0.2) is 36.4 Å². The van der Waals surface area contributed by atoms with Crippen LogP contribution in [-0.2, 0) is 6.42 Å². The smallest absolute Gasteiger partial charge is 0.0387 e. The molecule has 0 radical (unpaired) electrons. The average molecular weight is 259 g/mol. The summed E-state index contributed by atoms with van der Waals surface area (Å²) in [5, 5.41) is 0. The van der Waals surface area contributed by atoms with Crippen molar-refractivity contribution in [2.75, 3.05) is 0 Å². The number of nitrogens with two attached hydrogens (primary N) is 1.